The molecule has 0 saturated heterocycles. The van der Waals surface area contributed by atoms with Gasteiger partial charge in [-0.2, -0.15) is 0 Å². The molecule has 0 saturated carbocycles. The van der Waals surface area contributed by atoms with E-state index in [1.165, 1.54) is 11.1 Å². The summed E-state index contributed by atoms with van der Waals surface area (Å²) in [5.74, 6) is 1.52. The average molecular weight is 385 g/mol. The molecular formula is C24H36N2O2. The molecule has 0 aliphatic carbocycles. The molecule has 4 nitrogen and oxygen atoms in total. The zero-order valence-corrected chi connectivity index (χ0v) is 17.6. The normalized spacial score (nSPS) is 12.5. The van der Waals surface area contributed by atoms with Crippen LogP contribution in [0.25, 0.3) is 0 Å². The highest BCUT2D eigenvalue weighted by Gasteiger charge is 2.18. The van der Waals surface area contributed by atoms with E-state index in [4.69, 9.17) is 15.2 Å². The topological polar surface area (TPSA) is 47.7 Å². The van der Waals surface area contributed by atoms with Crippen molar-refractivity contribution >= 4 is 0 Å². The molecule has 4 heteroatoms. The molecule has 0 amide bonds. The van der Waals surface area contributed by atoms with Crippen molar-refractivity contribution in [1.82, 2.24) is 4.90 Å². The van der Waals surface area contributed by atoms with Gasteiger partial charge >= 0.3 is 0 Å². The van der Waals surface area contributed by atoms with E-state index in [0.717, 1.165) is 31.7 Å². The van der Waals surface area contributed by atoms with Crippen LogP contribution in [0.1, 0.15) is 31.4 Å². The van der Waals surface area contributed by atoms with E-state index in [-0.39, 0.29) is 0 Å². The molecule has 0 bridgehead atoms. The first-order valence-electron chi connectivity index (χ1n) is 10.3. The van der Waals surface area contributed by atoms with Gasteiger partial charge in [0.1, 0.15) is 5.75 Å². The number of ether oxygens (including phenoxy) is 2. The molecule has 28 heavy (non-hydrogen) atoms. The second kappa shape index (κ2) is 12.6. The van der Waals surface area contributed by atoms with E-state index in [9.17, 15) is 0 Å². The third-order valence-corrected chi connectivity index (χ3v) is 5.01. The lowest BCUT2D eigenvalue weighted by Crippen LogP contribution is -2.44. The lowest BCUT2D eigenvalue weighted by Gasteiger charge is -2.32. The van der Waals surface area contributed by atoms with E-state index in [1.54, 1.807) is 7.11 Å². The van der Waals surface area contributed by atoms with Crippen molar-refractivity contribution in [2.45, 2.75) is 39.3 Å². The van der Waals surface area contributed by atoms with Crippen LogP contribution in [0.5, 0.6) is 5.75 Å². The monoisotopic (exact) mass is 384 g/mol. The van der Waals surface area contributed by atoms with Gasteiger partial charge in [-0.1, -0.05) is 56.3 Å². The summed E-state index contributed by atoms with van der Waals surface area (Å²) in [6.07, 6.45) is 2.11. The number of hydrogen-bond donors (Lipinski definition) is 1. The Bertz CT molecular complexity index is 643. The number of methoxy groups -OCH3 is 1. The maximum atomic E-state index is 6.13. The predicted octanol–water partition coefficient (Wildman–Crippen LogP) is 4.13. The van der Waals surface area contributed by atoms with Crippen LogP contribution in [0.15, 0.2) is 54.6 Å². The van der Waals surface area contributed by atoms with Crippen molar-refractivity contribution in [3.8, 4) is 5.75 Å². The van der Waals surface area contributed by atoms with Gasteiger partial charge in [0.15, 0.2) is 0 Å². The molecule has 1 atom stereocenters. The Kier molecular flexibility index (Phi) is 10.0. The van der Waals surface area contributed by atoms with Gasteiger partial charge in [-0.15, -0.1) is 0 Å². The minimum atomic E-state index is 0.388. The van der Waals surface area contributed by atoms with E-state index in [1.807, 2.05) is 30.3 Å². The average Bonchev–Trinajstić information content (AvgIpc) is 2.72. The van der Waals surface area contributed by atoms with Crippen LogP contribution >= 0.6 is 0 Å². The molecule has 0 spiro atoms. The summed E-state index contributed by atoms with van der Waals surface area (Å²) in [7, 11) is 1.70. The molecule has 2 aromatic rings. The van der Waals surface area contributed by atoms with Gasteiger partial charge < -0.3 is 15.2 Å². The Morgan fingerprint density at radius 3 is 2.25 bits per heavy atom. The van der Waals surface area contributed by atoms with Gasteiger partial charge in [-0.05, 0) is 42.0 Å². The molecule has 2 N–H and O–H groups in total. The number of benzene rings is 2. The Labute approximate surface area is 170 Å². The molecule has 0 aliphatic heterocycles. The Hall–Kier alpha value is -1.88. The van der Waals surface area contributed by atoms with Crippen molar-refractivity contribution < 1.29 is 9.47 Å². The molecule has 0 aromatic heterocycles. The van der Waals surface area contributed by atoms with Crippen molar-refractivity contribution in [2.24, 2.45) is 11.7 Å². The van der Waals surface area contributed by atoms with Gasteiger partial charge in [0.05, 0.1) is 20.3 Å². The van der Waals surface area contributed by atoms with Crippen molar-refractivity contribution in [3.63, 3.8) is 0 Å². The molecule has 0 heterocycles. The summed E-state index contributed by atoms with van der Waals surface area (Å²) < 4.78 is 11.2. The molecule has 1 unspecified atom stereocenters. The third kappa shape index (κ3) is 8.01. The Morgan fingerprint density at radius 1 is 0.929 bits per heavy atom. The predicted molar refractivity (Wildman–Crippen MR) is 117 cm³/mol. The zero-order chi connectivity index (χ0) is 20.2. The van der Waals surface area contributed by atoms with Crippen LogP contribution in [0.3, 0.4) is 0 Å². The van der Waals surface area contributed by atoms with E-state index in [0.29, 0.717) is 31.7 Å². The first-order valence-corrected chi connectivity index (χ1v) is 10.3. The summed E-state index contributed by atoms with van der Waals surface area (Å²) >= 11 is 0. The smallest absolute Gasteiger partial charge is 0.118 e. The molecule has 0 aliphatic rings. The Balaban J connectivity index is 1.89. The quantitative estimate of drug-likeness (QED) is 0.528. The fourth-order valence-corrected chi connectivity index (χ4v) is 3.43. The fourth-order valence-electron chi connectivity index (χ4n) is 3.43. The summed E-state index contributed by atoms with van der Waals surface area (Å²) in [6, 6.07) is 19.0. The second-order valence-corrected chi connectivity index (χ2v) is 7.69. The molecule has 0 fully saturated rings. The number of nitrogens with zero attached hydrogens (tertiary/aromatic N) is 1. The lowest BCUT2D eigenvalue weighted by atomic mass is 10.0. The van der Waals surface area contributed by atoms with Gasteiger partial charge in [0.2, 0.25) is 0 Å². The van der Waals surface area contributed by atoms with Gasteiger partial charge in [-0.3, -0.25) is 4.90 Å². The number of hydrogen-bond acceptors (Lipinski definition) is 4. The van der Waals surface area contributed by atoms with E-state index >= 15 is 0 Å². The fraction of sp³-hybridized carbons (Fsp3) is 0.500. The van der Waals surface area contributed by atoms with Gasteiger partial charge in [-0.25, -0.2) is 0 Å². The lowest BCUT2D eigenvalue weighted by molar-refractivity contribution is 0.0744. The second-order valence-electron chi connectivity index (χ2n) is 7.69. The Morgan fingerprint density at radius 2 is 1.64 bits per heavy atom. The van der Waals surface area contributed by atoms with Crippen LogP contribution in [-0.2, 0) is 17.8 Å². The number of rotatable bonds is 13. The molecule has 2 aromatic carbocycles. The SMILES string of the molecule is COc1ccc(CCN(CCOCc2ccccc2)C(CN)CC(C)C)cc1. The van der Waals surface area contributed by atoms with Crippen molar-refractivity contribution in [3.05, 3.63) is 65.7 Å². The molecule has 0 radical (unpaired) electrons. The highest BCUT2D eigenvalue weighted by molar-refractivity contribution is 5.27. The maximum Gasteiger partial charge on any atom is 0.118 e. The summed E-state index contributed by atoms with van der Waals surface area (Å²) in [4.78, 5) is 2.50. The standard InChI is InChI=1S/C24H36N2O2/c1-20(2)17-23(18-25)26(14-13-21-9-11-24(27-3)12-10-21)15-16-28-19-22-7-5-4-6-8-22/h4-12,20,23H,13-19,25H2,1-3H3. The summed E-state index contributed by atoms with van der Waals surface area (Å²) in [6.45, 7) is 8.45. The van der Waals surface area contributed by atoms with Crippen molar-refractivity contribution in [2.75, 3.05) is 33.4 Å². The van der Waals surface area contributed by atoms with Crippen LogP contribution in [0.2, 0.25) is 0 Å². The largest absolute Gasteiger partial charge is 0.497 e. The molecular weight excluding hydrogens is 348 g/mol. The van der Waals surface area contributed by atoms with Crippen LogP contribution in [0.4, 0.5) is 0 Å². The van der Waals surface area contributed by atoms with Crippen LogP contribution in [0, 0.1) is 5.92 Å². The summed E-state index contributed by atoms with van der Waals surface area (Å²) in [5, 5.41) is 0. The van der Waals surface area contributed by atoms with Crippen LogP contribution in [-0.4, -0.2) is 44.3 Å². The highest BCUT2D eigenvalue weighted by atomic mass is 16.5. The minimum Gasteiger partial charge on any atom is -0.497 e. The van der Waals surface area contributed by atoms with E-state index in [2.05, 4.69) is 43.0 Å². The maximum absolute atomic E-state index is 6.13. The number of nitrogens with two attached hydrogens (primary N) is 1. The summed E-state index contributed by atoms with van der Waals surface area (Å²) in [5.41, 5.74) is 8.65. The van der Waals surface area contributed by atoms with E-state index < -0.39 is 0 Å². The van der Waals surface area contributed by atoms with Crippen LogP contribution < -0.4 is 10.5 Å². The minimum absolute atomic E-state index is 0.388. The third-order valence-electron chi connectivity index (χ3n) is 5.01. The first kappa shape index (κ1) is 22.4. The molecule has 2 rings (SSSR count). The van der Waals surface area contributed by atoms with Gasteiger partial charge in [0.25, 0.3) is 0 Å². The first-order chi connectivity index (χ1) is 13.6. The zero-order valence-electron chi connectivity index (χ0n) is 17.6. The highest BCUT2D eigenvalue weighted by Crippen LogP contribution is 2.15. The van der Waals surface area contributed by atoms with Crippen molar-refractivity contribution in [1.29, 1.82) is 0 Å². The van der Waals surface area contributed by atoms with Gasteiger partial charge in [0, 0.05) is 25.7 Å². The molecule has 154 valence electrons.